The SMILES string of the molecule is C#C.COCCCc1ccccc1. The van der Waals surface area contributed by atoms with E-state index in [9.17, 15) is 0 Å². The Kier molecular flexibility index (Phi) is 7.98. The largest absolute Gasteiger partial charge is 0.385 e. The summed E-state index contributed by atoms with van der Waals surface area (Å²) < 4.78 is 4.96. The molecule has 13 heavy (non-hydrogen) atoms. The Hall–Kier alpha value is -1.26. The molecule has 0 amide bonds. The Morgan fingerprint density at radius 2 is 1.77 bits per heavy atom. The highest BCUT2D eigenvalue weighted by Gasteiger charge is 1.89. The summed E-state index contributed by atoms with van der Waals surface area (Å²) in [6, 6.07) is 10.5. The second kappa shape index (κ2) is 8.83. The highest BCUT2D eigenvalue weighted by atomic mass is 16.5. The van der Waals surface area contributed by atoms with Gasteiger partial charge in [0.1, 0.15) is 0 Å². The van der Waals surface area contributed by atoms with Gasteiger partial charge in [0.2, 0.25) is 0 Å². The van der Waals surface area contributed by atoms with Gasteiger partial charge < -0.3 is 4.74 Å². The first-order valence-corrected chi connectivity index (χ1v) is 4.29. The van der Waals surface area contributed by atoms with Crippen molar-refractivity contribution in [1.29, 1.82) is 0 Å². The van der Waals surface area contributed by atoms with E-state index in [1.807, 2.05) is 6.07 Å². The molecule has 0 saturated carbocycles. The molecule has 0 atom stereocenters. The Labute approximate surface area is 80.7 Å². The lowest BCUT2D eigenvalue weighted by molar-refractivity contribution is 0.195. The third-order valence-electron chi connectivity index (χ3n) is 1.66. The highest BCUT2D eigenvalue weighted by molar-refractivity contribution is 5.14. The molecule has 0 saturated heterocycles. The number of rotatable bonds is 4. The van der Waals surface area contributed by atoms with Crippen LogP contribution in [0.4, 0.5) is 0 Å². The Balaban J connectivity index is 0.000000671. The standard InChI is InChI=1S/C10H14O.C2H2/c1-11-9-5-8-10-6-3-2-4-7-10;1-2/h2-4,6-7H,5,8-9H2,1H3;1-2H. The minimum atomic E-state index is 0.856. The summed E-state index contributed by atoms with van der Waals surface area (Å²) in [4.78, 5) is 0. The third-order valence-corrected chi connectivity index (χ3v) is 1.66. The molecule has 0 fully saturated rings. The molecule has 1 heteroatoms. The maximum Gasteiger partial charge on any atom is 0.0465 e. The van der Waals surface area contributed by atoms with E-state index in [4.69, 9.17) is 4.74 Å². The van der Waals surface area contributed by atoms with Crippen molar-refractivity contribution in [3.63, 3.8) is 0 Å². The normalized spacial score (nSPS) is 8.54. The topological polar surface area (TPSA) is 9.23 Å². The minimum absolute atomic E-state index is 0.856. The summed E-state index contributed by atoms with van der Waals surface area (Å²) in [7, 11) is 1.74. The Morgan fingerprint density at radius 3 is 2.31 bits per heavy atom. The first kappa shape index (κ1) is 11.7. The van der Waals surface area contributed by atoms with Gasteiger partial charge in [-0.3, -0.25) is 0 Å². The van der Waals surface area contributed by atoms with Crippen molar-refractivity contribution in [2.75, 3.05) is 13.7 Å². The van der Waals surface area contributed by atoms with Gasteiger partial charge in [0, 0.05) is 13.7 Å². The van der Waals surface area contributed by atoms with Crippen LogP contribution < -0.4 is 0 Å². The molecule has 0 radical (unpaired) electrons. The number of ether oxygens (including phenoxy) is 1. The summed E-state index contributed by atoms with van der Waals surface area (Å²) >= 11 is 0. The molecule has 0 bridgehead atoms. The Bertz CT molecular complexity index is 213. The van der Waals surface area contributed by atoms with E-state index in [1.54, 1.807) is 7.11 Å². The minimum Gasteiger partial charge on any atom is -0.385 e. The molecule has 0 unspecified atom stereocenters. The lowest BCUT2D eigenvalue weighted by atomic mass is 10.1. The van der Waals surface area contributed by atoms with Gasteiger partial charge in [-0.05, 0) is 18.4 Å². The average molecular weight is 176 g/mol. The van der Waals surface area contributed by atoms with Crippen molar-refractivity contribution in [1.82, 2.24) is 0 Å². The zero-order valence-electron chi connectivity index (χ0n) is 8.07. The van der Waals surface area contributed by atoms with Crippen LogP contribution in [0.15, 0.2) is 30.3 Å². The van der Waals surface area contributed by atoms with Crippen molar-refractivity contribution in [3.8, 4) is 12.8 Å². The number of benzene rings is 1. The number of hydrogen-bond acceptors (Lipinski definition) is 1. The van der Waals surface area contributed by atoms with Crippen LogP contribution in [0, 0.1) is 12.8 Å². The van der Waals surface area contributed by atoms with Crippen LogP contribution in [-0.2, 0) is 11.2 Å². The lowest BCUT2D eigenvalue weighted by Crippen LogP contribution is -1.91. The summed E-state index contributed by atoms with van der Waals surface area (Å²) in [6.45, 7) is 0.856. The van der Waals surface area contributed by atoms with Gasteiger partial charge >= 0.3 is 0 Å². The fourth-order valence-corrected chi connectivity index (χ4v) is 1.07. The quantitative estimate of drug-likeness (QED) is 0.506. The van der Waals surface area contributed by atoms with E-state index < -0.39 is 0 Å². The molecule has 0 aromatic heterocycles. The van der Waals surface area contributed by atoms with E-state index in [-0.39, 0.29) is 0 Å². The highest BCUT2D eigenvalue weighted by Crippen LogP contribution is 2.01. The predicted octanol–water partition coefficient (Wildman–Crippen LogP) is 2.52. The van der Waals surface area contributed by atoms with Crippen molar-refractivity contribution in [3.05, 3.63) is 35.9 Å². The first-order valence-electron chi connectivity index (χ1n) is 4.29. The molecule has 70 valence electrons. The van der Waals surface area contributed by atoms with Crippen LogP contribution in [0.25, 0.3) is 0 Å². The van der Waals surface area contributed by atoms with E-state index in [0.717, 1.165) is 19.4 Å². The maximum absolute atomic E-state index is 4.96. The molecule has 0 spiro atoms. The van der Waals surface area contributed by atoms with Crippen LogP contribution in [0.2, 0.25) is 0 Å². The number of hydrogen-bond donors (Lipinski definition) is 0. The summed E-state index contributed by atoms with van der Waals surface area (Å²) in [5, 5.41) is 0. The van der Waals surface area contributed by atoms with Crippen LogP contribution in [-0.4, -0.2) is 13.7 Å². The van der Waals surface area contributed by atoms with Gasteiger partial charge in [0.05, 0.1) is 0 Å². The maximum atomic E-state index is 4.96. The van der Waals surface area contributed by atoms with Gasteiger partial charge in [-0.1, -0.05) is 30.3 Å². The Morgan fingerprint density at radius 1 is 1.15 bits per heavy atom. The third kappa shape index (κ3) is 5.95. The van der Waals surface area contributed by atoms with E-state index >= 15 is 0 Å². The molecule has 0 aliphatic heterocycles. The molecular formula is C12H16O. The van der Waals surface area contributed by atoms with E-state index in [2.05, 4.69) is 37.1 Å². The van der Waals surface area contributed by atoms with Crippen LogP contribution in [0.3, 0.4) is 0 Å². The van der Waals surface area contributed by atoms with Crippen molar-refractivity contribution < 1.29 is 4.74 Å². The average Bonchev–Trinajstić information content (AvgIpc) is 2.23. The first-order chi connectivity index (χ1) is 6.43. The molecule has 0 heterocycles. The fourth-order valence-electron chi connectivity index (χ4n) is 1.07. The smallest absolute Gasteiger partial charge is 0.0465 e. The monoisotopic (exact) mass is 176 g/mol. The predicted molar refractivity (Wildman–Crippen MR) is 56.5 cm³/mol. The number of methoxy groups -OCH3 is 1. The zero-order chi connectivity index (χ0) is 9.94. The molecular weight excluding hydrogens is 160 g/mol. The summed E-state index contributed by atoms with van der Waals surface area (Å²) in [5.41, 5.74) is 1.39. The molecule has 1 aromatic carbocycles. The van der Waals surface area contributed by atoms with Gasteiger partial charge in [-0.25, -0.2) is 0 Å². The zero-order valence-corrected chi connectivity index (χ0v) is 8.07. The van der Waals surface area contributed by atoms with Crippen molar-refractivity contribution >= 4 is 0 Å². The second-order valence-corrected chi connectivity index (χ2v) is 2.58. The lowest BCUT2D eigenvalue weighted by Gasteiger charge is -1.98. The van der Waals surface area contributed by atoms with Crippen LogP contribution >= 0.6 is 0 Å². The van der Waals surface area contributed by atoms with Gasteiger partial charge in [0.25, 0.3) is 0 Å². The van der Waals surface area contributed by atoms with Gasteiger partial charge in [-0.2, -0.15) is 0 Å². The molecule has 1 nitrogen and oxygen atoms in total. The molecule has 0 aliphatic carbocycles. The van der Waals surface area contributed by atoms with Crippen LogP contribution in [0.5, 0.6) is 0 Å². The summed E-state index contributed by atoms with van der Waals surface area (Å²) in [6.07, 6.45) is 10.2. The van der Waals surface area contributed by atoms with Gasteiger partial charge in [-0.15, -0.1) is 12.8 Å². The second-order valence-electron chi connectivity index (χ2n) is 2.58. The van der Waals surface area contributed by atoms with Crippen LogP contribution in [0.1, 0.15) is 12.0 Å². The fraction of sp³-hybridized carbons (Fsp3) is 0.333. The van der Waals surface area contributed by atoms with Crippen molar-refractivity contribution in [2.45, 2.75) is 12.8 Å². The molecule has 0 N–H and O–H groups in total. The van der Waals surface area contributed by atoms with Gasteiger partial charge in [0.15, 0.2) is 0 Å². The molecule has 1 aromatic rings. The van der Waals surface area contributed by atoms with Crippen molar-refractivity contribution in [2.24, 2.45) is 0 Å². The van der Waals surface area contributed by atoms with E-state index in [0.29, 0.717) is 0 Å². The number of aryl methyl sites for hydroxylation is 1. The molecule has 1 rings (SSSR count). The summed E-state index contributed by atoms with van der Waals surface area (Å²) in [5.74, 6) is 0. The molecule has 0 aliphatic rings. The van der Waals surface area contributed by atoms with E-state index in [1.165, 1.54) is 5.56 Å². The number of terminal acetylenes is 1.